The fourth-order valence-electron chi connectivity index (χ4n) is 2.86. The molecular formula is C19H24N2O3S. The van der Waals surface area contributed by atoms with Crippen LogP contribution in [-0.4, -0.2) is 62.1 Å². The zero-order valence-electron chi connectivity index (χ0n) is 14.5. The number of thiophene rings is 1. The summed E-state index contributed by atoms with van der Waals surface area (Å²) in [7, 11) is 1.65. The minimum absolute atomic E-state index is 0.233. The molecule has 0 atom stereocenters. The highest BCUT2D eigenvalue weighted by molar-refractivity contribution is 7.10. The molecule has 0 bridgehead atoms. The van der Waals surface area contributed by atoms with Gasteiger partial charge in [-0.05, 0) is 35.7 Å². The molecule has 2 heterocycles. The Kier molecular flexibility index (Phi) is 6.30. The number of rotatable bonds is 7. The minimum atomic E-state index is 0.233. The van der Waals surface area contributed by atoms with E-state index in [4.69, 9.17) is 9.47 Å². The van der Waals surface area contributed by atoms with Crippen LogP contribution < -0.4 is 9.47 Å². The van der Waals surface area contributed by atoms with Crippen LogP contribution in [0.1, 0.15) is 4.88 Å². The van der Waals surface area contributed by atoms with Crippen LogP contribution in [0.2, 0.25) is 0 Å². The molecule has 1 saturated heterocycles. The van der Waals surface area contributed by atoms with Crippen molar-refractivity contribution >= 4 is 17.2 Å². The summed E-state index contributed by atoms with van der Waals surface area (Å²) in [6, 6.07) is 11.6. The molecule has 0 radical (unpaired) electrons. The number of hydrogen-bond acceptors (Lipinski definition) is 5. The van der Waals surface area contributed by atoms with E-state index in [-0.39, 0.29) is 5.91 Å². The van der Waals surface area contributed by atoms with Gasteiger partial charge in [-0.2, -0.15) is 0 Å². The lowest BCUT2D eigenvalue weighted by Crippen LogP contribution is -2.49. The van der Waals surface area contributed by atoms with Gasteiger partial charge in [0.15, 0.2) is 0 Å². The fraction of sp³-hybridized carbons (Fsp3) is 0.421. The van der Waals surface area contributed by atoms with Gasteiger partial charge in [-0.25, -0.2) is 0 Å². The van der Waals surface area contributed by atoms with E-state index in [1.807, 2.05) is 46.7 Å². The van der Waals surface area contributed by atoms with Crippen molar-refractivity contribution in [2.24, 2.45) is 0 Å². The van der Waals surface area contributed by atoms with Gasteiger partial charge in [-0.1, -0.05) is 6.07 Å². The topological polar surface area (TPSA) is 42.0 Å². The first kappa shape index (κ1) is 17.8. The van der Waals surface area contributed by atoms with E-state index in [0.717, 1.165) is 49.1 Å². The van der Waals surface area contributed by atoms with Crippen molar-refractivity contribution in [2.75, 3.05) is 46.4 Å². The van der Waals surface area contributed by atoms with Gasteiger partial charge in [-0.15, -0.1) is 11.3 Å². The molecule has 0 unspecified atom stereocenters. The Hall–Kier alpha value is -2.05. The molecule has 0 aliphatic carbocycles. The molecule has 1 aromatic heterocycles. The molecule has 1 amide bonds. The SMILES string of the molecule is COc1ccc(OCCN2CCN(C(=O)Cc3cccs3)CC2)cc1. The molecule has 0 N–H and O–H groups in total. The number of carbonyl (C=O) groups excluding carboxylic acids is 1. The van der Waals surface area contributed by atoms with E-state index in [1.165, 1.54) is 0 Å². The second-order valence-electron chi connectivity index (χ2n) is 6.00. The third-order valence-corrected chi connectivity index (χ3v) is 5.24. The van der Waals surface area contributed by atoms with Gasteiger partial charge in [0.1, 0.15) is 18.1 Å². The summed E-state index contributed by atoms with van der Waals surface area (Å²) in [4.78, 5) is 17.8. The summed E-state index contributed by atoms with van der Waals surface area (Å²) in [5, 5.41) is 2.02. The predicted octanol–water partition coefficient (Wildman–Crippen LogP) is 2.52. The van der Waals surface area contributed by atoms with Crippen LogP contribution in [0, 0.1) is 0 Å². The van der Waals surface area contributed by atoms with Crippen molar-refractivity contribution in [3.63, 3.8) is 0 Å². The van der Waals surface area contributed by atoms with Gasteiger partial charge in [0.05, 0.1) is 13.5 Å². The molecule has 1 aliphatic rings. The van der Waals surface area contributed by atoms with E-state index in [0.29, 0.717) is 13.0 Å². The third-order valence-electron chi connectivity index (χ3n) is 4.37. The number of ether oxygens (including phenoxy) is 2. The quantitative estimate of drug-likeness (QED) is 0.761. The predicted molar refractivity (Wildman–Crippen MR) is 99.5 cm³/mol. The van der Waals surface area contributed by atoms with E-state index < -0.39 is 0 Å². The van der Waals surface area contributed by atoms with Crippen LogP contribution in [0.5, 0.6) is 11.5 Å². The van der Waals surface area contributed by atoms with Crippen molar-refractivity contribution in [3.05, 3.63) is 46.7 Å². The van der Waals surface area contributed by atoms with Crippen LogP contribution in [-0.2, 0) is 11.2 Å². The lowest BCUT2D eigenvalue weighted by molar-refractivity contribution is -0.132. The lowest BCUT2D eigenvalue weighted by Gasteiger charge is -2.34. The monoisotopic (exact) mass is 360 g/mol. The number of benzene rings is 1. The normalized spacial score (nSPS) is 15.2. The van der Waals surface area contributed by atoms with E-state index in [9.17, 15) is 4.79 Å². The van der Waals surface area contributed by atoms with Crippen LogP contribution in [0.25, 0.3) is 0 Å². The van der Waals surface area contributed by atoms with Crippen LogP contribution >= 0.6 is 11.3 Å². The molecule has 0 saturated carbocycles. The molecule has 3 rings (SSSR count). The molecule has 0 spiro atoms. The Morgan fingerprint density at radius 1 is 1.08 bits per heavy atom. The Balaban J connectivity index is 1.35. The number of nitrogens with zero attached hydrogens (tertiary/aromatic N) is 2. The molecule has 2 aromatic rings. The zero-order chi connectivity index (χ0) is 17.5. The second kappa shape index (κ2) is 8.87. The summed E-state index contributed by atoms with van der Waals surface area (Å²) in [5.41, 5.74) is 0. The van der Waals surface area contributed by atoms with Crippen molar-refractivity contribution < 1.29 is 14.3 Å². The molecule has 25 heavy (non-hydrogen) atoms. The summed E-state index contributed by atoms with van der Waals surface area (Å²) in [6.07, 6.45) is 0.526. The first-order valence-corrected chi connectivity index (χ1v) is 9.42. The molecule has 1 fully saturated rings. The van der Waals surface area contributed by atoms with Crippen molar-refractivity contribution in [1.29, 1.82) is 0 Å². The molecule has 5 nitrogen and oxygen atoms in total. The largest absolute Gasteiger partial charge is 0.497 e. The smallest absolute Gasteiger partial charge is 0.227 e. The molecule has 134 valence electrons. The summed E-state index contributed by atoms with van der Waals surface area (Å²) >= 11 is 1.64. The highest BCUT2D eigenvalue weighted by Gasteiger charge is 2.21. The standard InChI is InChI=1S/C19H24N2O3S/c1-23-16-4-6-17(7-5-16)24-13-12-20-8-10-21(11-9-20)19(22)15-18-3-2-14-25-18/h2-7,14H,8-13,15H2,1H3. The van der Waals surface area contributed by atoms with Crippen molar-refractivity contribution in [1.82, 2.24) is 9.80 Å². The fourth-order valence-corrected chi connectivity index (χ4v) is 3.56. The van der Waals surface area contributed by atoms with Gasteiger partial charge in [0.2, 0.25) is 5.91 Å². The summed E-state index contributed by atoms with van der Waals surface area (Å²) < 4.78 is 10.9. The minimum Gasteiger partial charge on any atom is -0.497 e. The summed E-state index contributed by atoms with van der Waals surface area (Å²) in [5.74, 6) is 1.91. The summed E-state index contributed by atoms with van der Waals surface area (Å²) in [6.45, 7) is 4.93. The maximum absolute atomic E-state index is 12.3. The van der Waals surface area contributed by atoms with Gasteiger partial charge in [0, 0.05) is 37.6 Å². The number of piperazine rings is 1. The number of hydrogen-bond donors (Lipinski definition) is 0. The van der Waals surface area contributed by atoms with Crippen molar-refractivity contribution in [2.45, 2.75) is 6.42 Å². The molecule has 6 heteroatoms. The Morgan fingerprint density at radius 3 is 2.44 bits per heavy atom. The first-order chi connectivity index (χ1) is 12.2. The highest BCUT2D eigenvalue weighted by atomic mass is 32.1. The van der Waals surface area contributed by atoms with E-state index >= 15 is 0 Å². The van der Waals surface area contributed by atoms with Crippen molar-refractivity contribution in [3.8, 4) is 11.5 Å². The molecular weight excluding hydrogens is 336 g/mol. The Morgan fingerprint density at radius 2 is 1.80 bits per heavy atom. The third kappa shape index (κ3) is 5.21. The first-order valence-electron chi connectivity index (χ1n) is 8.54. The average Bonchev–Trinajstić information content (AvgIpc) is 3.16. The maximum atomic E-state index is 12.3. The van der Waals surface area contributed by atoms with E-state index in [2.05, 4.69) is 4.90 Å². The zero-order valence-corrected chi connectivity index (χ0v) is 15.3. The van der Waals surface area contributed by atoms with E-state index in [1.54, 1.807) is 18.4 Å². The molecule has 1 aromatic carbocycles. The maximum Gasteiger partial charge on any atom is 0.227 e. The Bertz CT molecular complexity index is 650. The molecule has 1 aliphatic heterocycles. The number of carbonyl (C=O) groups is 1. The van der Waals surface area contributed by atoms with Gasteiger partial charge < -0.3 is 14.4 Å². The second-order valence-corrected chi connectivity index (χ2v) is 7.03. The van der Waals surface area contributed by atoms with Gasteiger partial charge >= 0.3 is 0 Å². The lowest BCUT2D eigenvalue weighted by atomic mass is 10.2. The van der Waals surface area contributed by atoms with Gasteiger partial charge in [-0.3, -0.25) is 9.69 Å². The average molecular weight is 360 g/mol. The van der Waals surface area contributed by atoms with Crippen LogP contribution in [0.3, 0.4) is 0 Å². The highest BCUT2D eigenvalue weighted by Crippen LogP contribution is 2.17. The van der Waals surface area contributed by atoms with Gasteiger partial charge in [0.25, 0.3) is 0 Å². The Labute approximate surface area is 152 Å². The van der Waals surface area contributed by atoms with Crippen LogP contribution in [0.4, 0.5) is 0 Å². The van der Waals surface area contributed by atoms with Crippen LogP contribution in [0.15, 0.2) is 41.8 Å². The number of methoxy groups -OCH3 is 1. The number of amides is 1.